The third kappa shape index (κ3) is 3.94. The second-order valence-corrected chi connectivity index (χ2v) is 9.74. The number of hydrogen-bond donors (Lipinski definition) is 0. The van der Waals surface area contributed by atoms with Gasteiger partial charge in [-0.1, -0.05) is 26.0 Å². The van der Waals surface area contributed by atoms with E-state index in [-0.39, 0.29) is 5.91 Å². The molecule has 0 atom stereocenters. The normalized spacial score (nSPS) is 31.5. The lowest BCUT2D eigenvalue weighted by Gasteiger charge is -2.57. The maximum atomic E-state index is 13.0. The van der Waals surface area contributed by atoms with Crippen LogP contribution in [0.5, 0.6) is 0 Å². The molecule has 4 bridgehead atoms. The molecule has 1 aromatic rings. The molecule has 0 aliphatic heterocycles. The van der Waals surface area contributed by atoms with Crippen LogP contribution in [-0.2, 0) is 6.54 Å². The van der Waals surface area contributed by atoms with Gasteiger partial charge in [0.1, 0.15) is 0 Å². The van der Waals surface area contributed by atoms with E-state index in [4.69, 9.17) is 0 Å². The SMILES string of the molecule is CCN(CC)Cc1ccc(C(=O)N(C)CC23CC4CC(CC(C4)C2)C3)cc1. The molecular weight excluding hydrogens is 332 g/mol. The van der Waals surface area contributed by atoms with Gasteiger partial charge in [0.15, 0.2) is 0 Å². The van der Waals surface area contributed by atoms with Crippen LogP contribution in [-0.4, -0.2) is 42.4 Å². The highest BCUT2D eigenvalue weighted by Gasteiger charge is 2.51. The average molecular weight is 369 g/mol. The second-order valence-electron chi connectivity index (χ2n) is 9.74. The van der Waals surface area contributed by atoms with Gasteiger partial charge in [0.25, 0.3) is 5.91 Å². The van der Waals surface area contributed by atoms with Crippen LogP contribution in [0.4, 0.5) is 0 Å². The van der Waals surface area contributed by atoms with Gasteiger partial charge in [0.05, 0.1) is 0 Å². The van der Waals surface area contributed by atoms with Gasteiger partial charge >= 0.3 is 0 Å². The van der Waals surface area contributed by atoms with E-state index >= 15 is 0 Å². The standard InChI is InChI=1S/C24H36N2O/c1-4-26(5-2)16-18-6-8-22(9-7-18)23(27)25(3)17-24-13-19-10-20(14-24)12-21(11-19)15-24/h6-9,19-21H,4-5,10-17H2,1-3H3. The minimum atomic E-state index is 0.195. The van der Waals surface area contributed by atoms with Crippen LogP contribution in [0.3, 0.4) is 0 Å². The fraction of sp³-hybridized carbons (Fsp3) is 0.708. The smallest absolute Gasteiger partial charge is 0.253 e. The summed E-state index contributed by atoms with van der Waals surface area (Å²) < 4.78 is 0. The molecule has 148 valence electrons. The third-order valence-electron chi connectivity index (χ3n) is 7.59. The monoisotopic (exact) mass is 368 g/mol. The molecule has 0 spiro atoms. The fourth-order valence-electron chi connectivity index (χ4n) is 6.74. The van der Waals surface area contributed by atoms with Crippen molar-refractivity contribution in [1.82, 2.24) is 9.80 Å². The maximum absolute atomic E-state index is 13.0. The summed E-state index contributed by atoms with van der Waals surface area (Å²) in [6, 6.07) is 8.31. The van der Waals surface area contributed by atoms with Crippen LogP contribution in [0.1, 0.15) is 68.3 Å². The molecule has 0 radical (unpaired) electrons. The first kappa shape index (κ1) is 19.0. The summed E-state index contributed by atoms with van der Waals surface area (Å²) in [4.78, 5) is 17.4. The van der Waals surface area contributed by atoms with Crippen molar-refractivity contribution < 1.29 is 4.79 Å². The third-order valence-corrected chi connectivity index (χ3v) is 7.59. The number of amides is 1. The Balaban J connectivity index is 1.39. The van der Waals surface area contributed by atoms with Crippen molar-refractivity contribution >= 4 is 5.91 Å². The number of carbonyl (C=O) groups is 1. The number of carbonyl (C=O) groups excluding carboxylic acids is 1. The molecule has 4 fully saturated rings. The number of rotatable bonds is 7. The largest absolute Gasteiger partial charge is 0.341 e. The minimum absolute atomic E-state index is 0.195. The topological polar surface area (TPSA) is 23.6 Å². The molecule has 3 heteroatoms. The molecule has 0 N–H and O–H groups in total. The van der Waals surface area contributed by atoms with Crippen molar-refractivity contribution in [2.75, 3.05) is 26.7 Å². The zero-order chi connectivity index (χ0) is 19.0. The summed E-state index contributed by atoms with van der Waals surface area (Å²) in [6.45, 7) is 8.43. The molecule has 4 saturated carbocycles. The van der Waals surface area contributed by atoms with E-state index in [1.807, 2.05) is 24.1 Å². The van der Waals surface area contributed by atoms with E-state index in [9.17, 15) is 4.79 Å². The lowest BCUT2D eigenvalue weighted by atomic mass is 9.49. The first-order valence-corrected chi connectivity index (χ1v) is 11.1. The molecule has 1 amide bonds. The van der Waals surface area contributed by atoms with Gasteiger partial charge < -0.3 is 4.90 Å². The van der Waals surface area contributed by atoms with Crippen molar-refractivity contribution in [2.45, 2.75) is 58.9 Å². The van der Waals surface area contributed by atoms with Crippen LogP contribution in [0.2, 0.25) is 0 Å². The van der Waals surface area contributed by atoms with E-state index in [1.165, 1.54) is 44.1 Å². The zero-order valence-electron chi connectivity index (χ0n) is 17.4. The number of nitrogens with zero attached hydrogens (tertiary/aromatic N) is 2. The Bertz CT molecular complexity index is 626. The summed E-state index contributed by atoms with van der Waals surface area (Å²) in [7, 11) is 2.02. The molecule has 3 nitrogen and oxygen atoms in total. The van der Waals surface area contributed by atoms with Crippen molar-refractivity contribution in [3.05, 3.63) is 35.4 Å². The summed E-state index contributed by atoms with van der Waals surface area (Å²) in [5.74, 6) is 3.03. The van der Waals surface area contributed by atoms with E-state index in [2.05, 4.69) is 30.9 Å². The molecule has 0 unspecified atom stereocenters. The Morgan fingerprint density at radius 1 is 0.963 bits per heavy atom. The highest BCUT2D eigenvalue weighted by Crippen LogP contribution is 2.60. The van der Waals surface area contributed by atoms with Crippen LogP contribution in [0, 0.1) is 23.2 Å². The van der Waals surface area contributed by atoms with Gasteiger partial charge in [0.2, 0.25) is 0 Å². The molecule has 0 aromatic heterocycles. The molecule has 0 heterocycles. The molecule has 0 saturated heterocycles. The first-order chi connectivity index (χ1) is 13.0. The maximum Gasteiger partial charge on any atom is 0.253 e. The van der Waals surface area contributed by atoms with Gasteiger partial charge in [-0.15, -0.1) is 0 Å². The van der Waals surface area contributed by atoms with E-state index in [1.54, 1.807) is 0 Å². The van der Waals surface area contributed by atoms with Gasteiger partial charge in [-0.3, -0.25) is 9.69 Å². The summed E-state index contributed by atoms with van der Waals surface area (Å²) in [5.41, 5.74) is 2.55. The Morgan fingerprint density at radius 3 is 1.96 bits per heavy atom. The van der Waals surface area contributed by atoms with Crippen LogP contribution in [0.25, 0.3) is 0 Å². The Morgan fingerprint density at radius 2 is 1.48 bits per heavy atom. The van der Waals surface area contributed by atoms with Gasteiger partial charge in [-0.05, 0) is 92.5 Å². The minimum Gasteiger partial charge on any atom is -0.341 e. The van der Waals surface area contributed by atoms with Gasteiger partial charge in [0, 0.05) is 25.7 Å². The lowest BCUT2D eigenvalue weighted by Crippen LogP contribution is -2.51. The molecule has 4 aliphatic carbocycles. The van der Waals surface area contributed by atoms with Crippen molar-refractivity contribution in [3.63, 3.8) is 0 Å². The van der Waals surface area contributed by atoms with Crippen molar-refractivity contribution in [1.29, 1.82) is 0 Å². The van der Waals surface area contributed by atoms with E-state index in [0.717, 1.165) is 49.5 Å². The molecule has 1 aromatic carbocycles. The molecular formula is C24H36N2O. The second kappa shape index (κ2) is 7.58. The summed E-state index contributed by atoms with van der Waals surface area (Å²) in [6.07, 6.45) is 8.47. The predicted octanol–water partition coefficient (Wildman–Crippen LogP) is 4.82. The molecule has 4 aliphatic rings. The summed E-state index contributed by atoms with van der Waals surface area (Å²) >= 11 is 0. The quantitative estimate of drug-likeness (QED) is 0.689. The van der Waals surface area contributed by atoms with E-state index < -0.39 is 0 Å². The first-order valence-electron chi connectivity index (χ1n) is 11.1. The Labute approximate surface area is 165 Å². The zero-order valence-corrected chi connectivity index (χ0v) is 17.4. The Hall–Kier alpha value is -1.35. The molecule has 5 rings (SSSR count). The van der Waals surface area contributed by atoms with Crippen molar-refractivity contribution in [2.24, 2.45) is 23.2 Å². The van der Waals surface area contributed by atoms with Crippen LogP contribution in [0.15, 0.2) is 24.3 Å². The lowest BCUT2D eigenvalue weighted by molar-refractivity contribution is -0.0629. The van der Waals surface area contributed by atoms with E-state index in [0.29, 0.717) is 5.41 Å². The van der Waals surface area contributed by atoms with Gasteiger partial charge in [-0.2, -0.15) is 0 Å². The highest BCUT2D eigenvalue weighted by molar-refractivity contribution is 5.94. The average Bonchev–Trinajstić information content (AvgIpc) is 2.64. The number of benzene rings is 1. The Kier molecular flexibility index (Phi) is 5.33. The van der Waals surface area contributed by atoms with Crippen LogP contribution < -0.4 is 0 Å². The highest BCUT2D eigenvalue weighted by atomic mass is 16.2. The summed E-state index contributed by atoms with van der Waals surface area (Å²) in [5, 5.41) is 0. The van der Waals surface area contributed by atoms with Crippen molar-refractivity contribution in [3.8, 4) is 0 Å². The fourth-order valence-corrected chi connectivity index (χ4v) is 6.74. The van der Waals surface area contributed by atoms with Gasteiger partial charge in [-0.25, -0.2) is 0 Å². The number of hydrogen-bond acceptors (Lipinski definition) is 2. The van der Waals surface area contributed by atoms with Crippen LogP contribution >= 0.6 is 0 Å². The predicted molar refractivity (Wildman–Crippen MR) is 111 cm³/mol. The molecule has 27 heavy (non-hydrogen) atoms.